The molecule has 3 aromatic rings. The molecule has 1 fully saturated rings. The Bertz CT molecular complexity index is 922. The Labute approximate surface area is 151 Å². The van der Waals surface area contributed by atoms with Gasteiger partial charge >= 0.3 is 5.69 Å². The molecule has 2 heterocycles. The van der Waals surface area contributed by atoms with Crippen molar-refractivity contribution in [3.05, 3.63) is 46.8 Å². The Balaban J connectivity index is 1.68. The summed E-state index contributed by atoms with van der Waals surface area (Å²) < 4.78 is 7.49. The number of aromatic nitrogens is 3. The van der Waals surface area contributed by atoms with E-state index in [2.05, 4.69) is 10.1 Å². The van der Waals surface area contributed by atoms with Crippen molar-refractivity contribution in [2.75, 3.05) is 6.61 Å². The first-order valence-electron chi connectivity index (χ1n) is 9.09. The van der Waals surface area contributed by atoms with Crippen molar-refractivity contribution in [3.8, 4) is 11.3 Å². The largest absolute Gasteiger partial charge is 0.379 e. The maximum absolute atomic E-state index is 11.6. The summed E-state index contributed by atoms with van der Waals surface area (Å²) in [4.78, 5) is 14.5. The van der Waals surface area contributed by atoms with Crippen molar-refractivity contribution < 1.29 is 9.66 Å². The van der Waals surface area contributed by atoms with Crippen molar-refractivity contribution in [1.82, 2.24) is 14.8 Å². The zero-order valence-electron chi connectivity index (χ0n) is 14.7. The number of ether oxygens (including phenoxy) is 1. The smallest absolute Gasteiger partial charge is 0.315 e. The van der Waals surface area contributed by atoms with Gasteiger partial charge in [0.25, 0.3) is 0 Å². The van der Waals surface area contributed by atoms with E-state index in [0.29, 0.717) is 11.8 Å². The van der Waals surface area contributed by atoms with Crippen LogP contribution in [-0.2, 0) is 4.74 Å². The minimum atomic E-state index is -0.341. The van der Waals surface area contributed by atoms with Gasteiger partial charge in [0.1, 0.15) is 6.20 Å². The molecule has 0 saturated heterocycles. The highest BCUT2D eigenvalue weighted by molar-refractivity contribution is 5.95. The van der Waals surface area contributed by atoms with Crippen LogP contribution in [0.5, 0.6) is 0 Å². The lowest BCUT2D eigenvalue weighted by Gasteiger charge is -2.28. The van der Waals surface area contributed by atoms with Gasteiger partial charge in [-0.3, -0.25) is 14.8 Å². The van der Waals surface area contributed by atoms with E-state index in [0.717, 1.165) is 48.8 Å². The molecular formula is C19H22N4O3. The van der Waals surface area contributed by atoms with Crippen LogP contribution in [0.1, 0.15) is 38.6 Å². The first-order chi connectivity index (χ1) is 12.7. The molecule has 0 aliphatic heterocycles. The molecule has 1 aliphatic carbocycles. The Morgan fingerprint density at radius 2 is 2.12 bits per heavy atom. The lowest BCUT2D eigenvalue weighted by atomic mass is 9.93. The van der Waals surface area contributed by atoms with Crippen molar-refractivity contribution >= 4 is 16.6 Å². The molecule has 1 aliphatic rings. The van der Waals surface area contributed by atoms with E-state index < -0.39 is 0 Å². The molecule has 4 rings (SSSR count). The fraction of sp³-hybridized carbons (Fsp3) is 0.421. The third-order valence-corrected chi connectivity index (χ3v) is 5.17. The standard InChI is InChI=1S/C19H22N4O3/c1-2-26-15-8-6-14(7-9-15)22-12-17(23(24)25)19(21-22)16-5-3-4-13-10-11-20-18(13)16/h3-5,10-12,14-15,20H,2,6-9H2,1H3. The van der Waals surface area contributed by atoms with Crippen LogP contribution in [0, 0.1) is 10.1 Å². The normalized spacial score (nSPS) is 20.5. The Hall–Kier alpha value is -2.67. The molecule has 1 N–H and O–H groups in total. The van der Waals surface area contributed by atoms with Crippen LogP contribution in [0.25, 0.3) is 22.2 Å². The van der Waals surface area contributed by atoms with Crippen LogP contribution in [0.15, 0.2) is 36.7 Å². The van der Waals surface area contributed by atoms with E-state index in [1.807, 2.05) is 37.4 Å². The lowest BCUT2D eigenvalue weighted by Crippen LogP contribution is -2.24. The predicted molar refractivity (Wildman–Crippen MR) is 99.1 cm³/mol. The first kappa shape index (κ1) is 16.8. The average molecular weight is 354 g/mol. The van der Waals surface area contributed by atoms with Gasteiger partial charge in [-0.2, -0.15) is 5.10 Å². The quantitative estimate of drug-likeness (QED) is 0.541. The highest BCUT2D eigenvalue weighted by atomic mass is 16.6. The molecule has 2 aromatic heterocycles. The number of rotatable bonds is 5. The maximum atomic E-state index is 11.6. The van der Waals surface area contributed by atoms with Crippen molar-refractivity contribution in [1.29, 1.82) is 0 Å². The molecule has 7 heteroatoms. The SMILES string of the molecule is CCOC1CCC(n2cc([N+](=O)[O-])c(-c3cccc4cc[nH]c34)n2)CC1. The van der Waals surface area contributed by atoms with E-state index in [9.17, 15) is 10.1 Å². The molecule has 1 saturated carbocycles. The van der Waals surface area contributed by atoms with Crippen LogP contribution < -0.4 is 0 Å². The summed E-state index contributed by atoms with van der Waals surface area (Å²) in [6.45, 7) is 2.74. The van der Waals surface area contributed by atoms with Crippen molar-refractivity contribution in [3.63, 3.8) is 0 Å². The van der Waals surface area contributed by atoms with Gasteiger partial charge in [-0.1, -0.05) is 18.2 Å². The number of nitro groups is 1. The summed E-state index contributed by atoms with van der Waals surface area (Å²) in [5, 5.41) is 17.3. The van der Waals surface area contributed by atoms with Crippen molar-refractivity contribution in [2.45, 2.75) is 44.8 Å². The molecule has 0 spiro atoms. The topological polar surface area (TPSA) is 86.0 Å². The Morgan fingerprint density at radius 1 is 1.31 bits per heavy atom. The molecule has 0 bridgehead atoms. The van der Waals surface area contributed by atoms with Crippen molar-refractivity contribution in [2.24, 2.45) is 0 Å². The van der Waals surface area contributed by atoms with E-state index in [1.54, 1.807) is 10.9 Å². The van der Waals surface area contributed by atoms with E-state index >= 15 is 0 Å². The summed E-state index contributed by atoms with van der Waals surface area (Å²) in [6, 6.07) is 7.90. The second-order valence-electron chi connectivity index (χ2n) is 6.73. The number of H-pyrrole nitrogens is 1. The number of hydrogen-bond acceptors (Lipinski definition) is 4. The minimum Gasteiger partial charge on any atom is -0.379 e. The molecule has 0 unspecified atom stereocenters. The van der Waals surface area contributed by atoms with Gasteiger partial charge in [-0.05, 0) is 38.7 Å². The average Bonchev–Trinajstić information content (AvgIpc) is 3.29. The predicted octanol–water partition coefficient (Wildman–Crippen LogP) is 4.46. The first-order valence-corrected chi connectivity index (χ1v) is 9.09. The highest BCUT2D eigenvalue weighted by Crippen LogP contribution is 2.36. The maximum Gasteiger partial charge on any atom is 0.315 e. The summed E-state index contributed by atoms with van der Waals surface area (Å²) in [5.74, 6) is 0. The number of nitrogens with one attached hydrogen (secondary N) is 1. The van der Waals surface area contributed by atoms with Crippen LogP contribution in [0.2, 0.25) is 0 Å². The highest BCUT2D eigenvalue weighted by Gasteiger charge is 2.28. The van der Waals surface area contributed by atoms with Crippen LogP contribution in [-0.4, -0.2) is 32.4 Å². The molecule has 7 nitrogen and oxygen atoms in total. The number of fused-ring (bicyclic) bond motifs is 1. The third kappa shape index (κ3) is 2.99. The molecule has 0 amide bonds. The fourth-order valence-electron chi connectivity index (χ4n) is 3.89. The summed E-state index contributed by atoms with van der Waals surface area (Å²) in [7, 11) is 0. The van der Waals surface area contributed by atoms with Gasteiger partial charge in [-0.15, -0.1) is 0 Å². The summed E-state index contributed by atoms with van der Waals surface area (Å²) in [6.07, 6.45) is 7.51. The number of nitrogens with zero attached hydrogens (tertiary/aromatic N) is 3. The summed E-state index contributed by atoms with van der Waals surface area (Å²) in [5.41, 5.74) is 2.12. The fourth-order valence-corrected chi connectivity index (χ4v) is 3.89. The Morgan fingerprint density at radius 3 is 2.85 bits per heavy atom. The number of para-hydroxylation sites is 1. The number of aromatic amines is 1. The van der Waals surface area contributed by atoms with Crippen LogP contribution in [0.3, 0.4) is 0 Å². The number of hydrogen-bond donors (Lipinski definition) is 1. The second kappa shape index (κ2) is 6.92. The Kier molecular flexibility index (Phi) is 4.46. The third-order valence-electron chi connectivity index (χ3n) is 5.17. The van der Waals surface area contributed by atoms with Gasteiger partial charge in [0.2, 0.25) is 0 Å². The van der Waals surface area contributed by atoms with Crippen LogP contribution in [0.4, 0.5) is 5.69 Å². The zero-order chi connectivity index (χ0) is 18.1. The monoisotopic (exact) mass is 354 g/mol. The summed E-state index contributed by atoms with van der Waals surface area (Å²) >= 11 is 0. The van der Waals surface area contributed by atoms with Gasteiger partial charge in [0.05, 0.1) is 22.6 Å². The molecule has 1 aromatic carbocycles. The van der Waals surface area contributed by atoms with E-state index in [-0.39, 0.29) is 16.7 Å². The molecule has 26 heavy (non-hydrogen) atoms. The van der Waals surface area contributed by atoms with Crippen LogP contribution >= 0.6 is 0 Å². The van der Waals surface area contributed by atoms with Gasteiger partial charge < -0.3 is 9.72 Å². The molecule has 0 radical (unpaired) electrons. The van der Waals surface area contributed by atoms with E-state index in [4.69, 9.17) is 4.74 Å². The number of benzene rings is 1. The van der Waals surface area contributed by atoms with Gasteiger partial charge in [-0.25, -0.2) is 0 Å². The molecular weight excluding hydrogens is 332 g/mol. The minimum absolute atomic E-state index is 0.0547. The zero-order valence-corrected chi connectivity index (χ0v) is 14.7. The molecule has 0 atom stereocenters. The van der Waals surface area contributed by atoms with Gasteiger partial charge in [0.15, 0.2) is 5.69 Å². The molecule has 136 valence electrons. The lowest BCUT2D eigenvalue weighted by molar-refractivity contribution is -0.384. The van der Waals surface area contributed by atoms with E-state index in [1.165, 1.54) is 0 Å². The second-order valence-corrected chi connectivity index (χ2v) is 6.73. The van der Waals surface area contributed by atoms with Gasteiger partial charge in [0, 0.05) is 23.8 Å².